The van der Waals surface area contributed by atoms with Crippen molar-refractivity contribution in [2.45, 2.75) is 39.1 Å². The molecular weight excluding hydrogens is 172 g/mol. The zero-order valence-corrected chi connectivity index (χ0v) is 8.55. The van der Waals surface area contributed by atoms with Gasteiger partial charge in [-0.2, -0.15) is 0 Å². The Hall–Kier alpha value is -0.610. The van der Waals surface area contributed by atoms with E-state index in [-0.39, 0.29) is 5.97 Å². The lowest BCUT2D eigenvalue weighted by Gasteiger charge is -2.40. The molecule has 0 spiro atoms. The minimum atomic E-state index is -0.638. The molecule has 76 valence electrons. The molecule has 0 saturated carbocycles. The maximum absolute atomic E-state index is 10.7. The van der Waals surface area contributed by atoms with Gasteiger partial charge in [0.2, 0.25) is 0 Å². The van der Waals surface area contributed by atoms with E-state index < -0.39 is 11.4 Å². The van der Waals surface area contributed by atoms with Gasteiger partial charge in [0.15, 0.2) is 11.4 Å². The fraction of sp³-hybridized carbons (Fsp3) is 0.889. The van der Waals surface area contributed by atoms with Gasteiger partial charge < -0.3 is 14.2 Å². The first-order chi connectivity index (χ1) is 5.83. The van der Waals surface area contributed by atoms with E-state index >= 15 is 0 Å². The summed E-state index contributed by atoms with van der Waals surface area (Å²) in [5, 5.41) is 0. The number of carbonyl (C=O) groups excluding carboxylic acids is 1. The summed E-state index contributed by atoms with van der Waals surface area (Å²) >= 11 is 0. The monoisotopic (exact) mass is 188 g/mol. The lowest BCUT2D eigenvalue weighted by atomic mass is 10.1. The molecule has 1 saturated heterocycles. The first kappa shape index (κ1) is 10.5. The molecule has 0 radical (unpaired) electrons. The van der Waals surface area contributed by atoms with Gasteiger partial charge in [-0.15, -0.1) is 0 Å². The van der Waals surface area contributed by atoms with Crippen molar-refractivity contribution in [1.29, 1.82) is 0 Å². The zero-order valence-electron chi connectivity index (χ0n) is 8.55. The summed E-state index contributed by atoms with van der Waals surface area (Å²) in [5.41, 5.74) is -0.638. The van der Waals surface area contributed by atoms with E-state index in [2.05, 4.69) is 0 Å². The molecule has 4 nitrogen and oxygen atoms in total. The van der Waals surface area contributed by atoms with E-state index in [1.165, 1.54) is 6.92 Å². The van der Waals surface area contributed by atoms with Crippen LogP contribution in [0.25, 0.3) is 0 Å². The summed E-state index contributed by atoms with van der Waals surface area (Å²) < 4.78 is 15.8. The Morgan fingerprint density at radius 1 is 1.23 bits per heavy atom. The van der Waals surface area contributed by atoms with Crippen molar-refractivity contribution < 1.29 is 19.0 Å². The summed E-state index contributed by atoms with van der Waals surface area (Å²) in [6.45, 7) is 7.59. The fourth-order valence-electron chi connectivity index (χ4n) is 1.14. The number of esters is 1. The van der Waals surface area contributed by atoms with E-state index in [0.717, 1.165) is 0 Å². The molecule has 1 heterocycles. The summed E-state index contributed by atoms with van der Waals surface area (Å²) in [5.74, 6) is -0.881. The number of rotatable bonds is 1. The Labute approximate surface area is 78.2 Å². The Morgan fingerprint density at radius 3 is 2.08 bits per heavy atom. The number of ether oxygens (including phenoxy) is 3. The van der Waals surface area contributed by atoms with Gasteiger partial charge in [-0.05, 0) is 20.8 Å². The van der Waals surface area contributed by atoms with Crippen LogP contribution in [0.5, 0.6) is 0 Å². The molecule has 1 fully saturated rings. The van der Waals surface area contributed by atoms with Gasteiger partial charge >= 0.3 is 5.97 Å². The lowest BCUT2D eigenvalue weighted by Crippen LogP contribution is -2.51. The SMILES string of the molecule is CC(=O)OC1(C)COC(C)(C)OC1. The van der Waals surface area contributed by atoms with Gasteiger partial charge in [0, 0.05) is 6.92 Å². The third kappa shape index (κ3) is 2.97. The Balaban J connectivity index is 2.51. The highest BCUT2D eigenvalue weighted by Gasteiger charge is 2.38. The molecule has 0 bridgehead atoms. The van der Waals surface area contributed by atoms with E-state index in [0.29, 0.717) is 13.2 Å². The fourth-order valence-corrected chi connectivity index (χ4v) is 1.14. The molecule has 0 unspecified atom stereocenters. The van der Waals surface area contributed by atoms with Crippen LogP contribution in [-0.4, -0.2) is 30.6 Å². The van der Waals surface area contributed by atoms with Crippen molar-refractivity contribution in [2.24, 2.45) is 0 Å². The third-order valence-corrected chi connectivity index (χ3v) is 1.84. The lowest BCUT2D eigenvalue weighted by molar-refractivity contribution is -0.300. The number of hydrogen-bond donors (Lipinski definition) is 0. The van der Waals surface area contributed by atoms with Crippen molar-refractivity contribution >= 4 is 5.97 Å². The van der Waals surface area contributed by atoms with Gasteiger partial charge in [-0.1, -0.05) is 0 Å². The van der Waals surface area contributed by atoms with Crippen LogP contribution in [0.2, 0.25) is 0 Å². The van der Waals surface area contributed by atoms with E-state index in [9.17, 15) is 4.79 Å². The molecular formula is C9H16O4. The highest BCUT2D eigenvalue weighted by atomic mass is 16.7. The second-order valence-electron chi connectivity index (χ2n) is 4.02. The summed E-state index contributed by atoms with van der Waals surface area (Å²) in [4.78, 5) is 10.7. The average Bonchev–Trinajstić information content (AvgIpc) is 1.95. The highest BCUT2D eigenvalue weighted by Crippen LogP contribution is 2.25. The topological polar surface area (TPSA) is 44.8 Å². The Kier molecular flexibility index (Phi) is 2.63. The minimum Gasteiger partial charge on any atom is -0.455 e. The second kappa shape index (κ2) is 3.27. The zero-order chi connectivity index (χ0) is 10.1. The summed E-state index contributed by atoms with van der Waals surface area (Å²) in [7, 11) is 0. The smallest absolute Gasteiger partial charge is 0.303 e. The summed E-state index contributed by atoms with van der Waals surface area (Å²) in [6.07, 6.45) is 0. The van der Waals surface area contributed by atoms with Gasteiger partial charge in [0.25, 0.3) is 0 Å². The molecule has 1 rings (SSSR count). The quantitative estimate of drug-likeness (QED) is 0.578. The largest absolute Gasteiger partial charge is 0.455 e. The average molecular weight is 188 g/mol. The summed E-state index contributed by atoms with van der Waals surface area (Å²) in [6, 6.07) is 0. The van der Waals surface area contributed by atoms with Crippen LogP contribution in [0.4, 0.5) is 0 Å². The standard InChI is InChI=1S/C9H16O4/c1-7(10)13-9(4)5-11-8(2,3)12-6-9/h5-6H2,1-4H3. The highest BCUT2D eigenvalue weighted by molar-refractivity contribution is 5.66. The second-order valence-corrected chi connectivity index (χ2v) is 4.02. The van der Waals surface area contributed by atoms with Crippen molar-refractivity contribution in [1.82, 2.24) is 0 Å². The van der Waals surface area contributed by atoms with Crippen LogP contribution in [0.3, 0.4) is 0 Å². The molecule has 0 aromatic carbocycles. The van der Waals surface area contributed by atoms with E-state index in [4.69, 9.17) is 14.2 Å². The molecule has 4 heteroatoms. The molecule has 0 aromatic heterocycles. The molecule has 0 aromatic rings. The first-order valence-corrected chi connectivity index (χ1v) is 4.31. The van der Waals surface area contributed by atoms with Crippen LogP contribution >= 0.6 is 0 Å². The Morgan fingerprint density at radius 2 is 1.69 bits per heavy atom. The first-order valence-electron chi connectivity index (χ1n) is 4.31. The molecule has 1 aliphatic heterocycles. The van der Waals surface area contributed by atoms with Crippen LogP contribution in [0, 0.1) is 0 Å². The van der Waals surface area contributed by atoms with Crippen molar-refractivity contribution in [3.63, 3.8) is 0 Å². The van der Waals surface area contributed by atoms with Crippen molar-refractivity contribution in [3.05, 3.63) is 0 Å². The molecule has 0 N–H and O–H groups in total. The maximum Gasteiger partial charge on any atom is 0.303 e. The van der Waals surface area contributed by atoms with E-state index in [1.54, 1.807) is 6.92 Å². The molecule has 0 atom stereocenters. The normalized spacial score (nSPS) is 25.2. The van der Waals surface area contributed by atoms with Crippen LogP contribution in [0.15, 0.2) is 0 Å². The van der Waals surface area contributed by atoms with Crippen molar-refractivity contribution in [2.75, 3.05) is 13.2 Å². The van der Waals surface area contributed by atoms with E-state index in [1.807, 2.05) is 13.8 Å². The molecule has 1 aliphatic rings. The van der Waals surface area contributed by atoms with Gasteiger partial charge in [0.1, 0.15) is 0 Å². The predicted octanol–water partition coefficient (Wildman–Crippen LogP) is 1.09. The third-order valence-electron chi connectivity index (χ3n) is 1.84. The van der Waals surface area contributed by atoms with Gasteiger partial charge in [-0.25, -0.2) is 0 Å². The molecule has 0 amide bonds. The van der Waals surface area contributed by atoms with Gasteiger partial charge in [-0.3, -0.25) is 4.79 Å². The number of hydrogen-bond acceptors (Lipinski definition) is 4. The van der Waals surface area contributed by atoms with Crippen LogP contribution in [-0.2, 0) is 19.0 Å². The Bertz CT molecular complexity index is 200. The van der Waals surface area contributed by atoms with Gasteiger partial charge in [0.05, 0.1) is 13.2 Å². The minimum absolute atomic E-state index is 0.311. The van der Waals surface area contributed by atoms with Crippen LogP contribution in [0.1, 0.15) is 27.7 Å². The molecule has 0 aliphatic carbocycles. The molecule has 13 heavy (non-hydrogen) atoms. The van der Waals surface area contributed by atoms with Crippen LogP contribution < -0.4 is 0 Å². The predicted molar refractivity (Wildman–Crippen MR) is 46.2 cm³/mol. The maximum atomic E-state index is 10.7. The van der Waals surface area contributed by atoms with Crippen molar-refractivity contribution in [3.8, 4) is 0 Å². The number of carbonyl (C=O) groups is 1.